The predicted molar refractivity (Wildman–Crippen MR) is 218 cm³/mol. The summed E-state index contributed by atoms with van der Waals surface area (Å²) in [6.07, 6.45) is 6.22. The van der Waals surface area contributed by atoms with E-state index in [1.807, 2.05) is 61.1 Å². The zero-order valence-electron chi connectivity index (χ0n) is 32.9. The third-order valence-corrected chi connectivity index (χ3v) is 15.8. The van der Waals surface area contributed by atoms with Crippen molar-refractivity contribution in [2.24, 2.45) is 7.05 Å². The zero-order valence-corrected chi connectivity index (χ0v) is 34.6. The lowest BCUT2D eigenvalue weighted by Gasteiger charge is -2.36. The lowest BCUT2D eigenvalue weighted by molar-refractivity contribution is 0.0512. The maximum atomic E-state index is 14.0. The van der Waals surface area contributed by atoms with Crippen LogP contribution in [0.3, 0.4) is 0 Å². The molecule has 288 valence electrons. The summed E-state index contributed by atoms with van der Waals surface area (Å²) in [6, 6.07) is 14.3. The number of allylic oxidation sites excluding steroid dienone is 1. The maximum absolute atomic E-state index is 14.0. The van der Waals surface area contributed by atoms with Gasteiger partial charge in [-0.3, -0.25) is 4.68 Å². The number of hydrogen-bond acceptors (Lipinski definition) is 6. The van der Waals surface area contributed by atoms with Gasteiger partial charge in [-0.25, -0.2) is 9.18 Å². The minimum absolute atomic E-state index is 0.0854. The second-order valence-corrected chi connectivity index (χ2v) is 20.6. The van der Waals surface area contributed by atoms with Gasteiger partial charge in [-0.05, 0) is 85.6 Å². The van der Waals surface area contributed by atoms with E-state index in [-0.39, 0.29) is 29.5 Å². The molecule has 0 radical (unpaired) electrons. The number of aromatic nitrogens is 3. The van der Waals surface area contributed by atoms with Gasteiger partial charge in [-0.1, -0.05) is 69.6 Å². The topological polar surface area (TPSA) is 76.7 Å². The molecule has 8 nitrogen and oxygen atoms in total. The number of halogens is 2. The molecule has 3 heterocycles. The molecule has 1 aliphatic heterocycles. The van der Waals surface area contributed by atoms with E-state index in [2.05, 4.69) is 45.4 Å². The van der Waals surface area contributed by atoms with Crippen molar-refractivity contribution in [3.05, 3.63) is 94.2 Å². The van der Waals surface area contributed by atoms with E-state index in [9.17, 15) is 9.18 Å². The molecule has 5 aromatic rings. The van der Waals surface area contributed by atoms with Crippen LogP contribution >= 0.6 is 11.6 Å². The van der Waals surface area contributed by atoms with Crippen LogP contribution in [-0.2, 0) is 40.3 Å². The molecular formula is C43H53ClFN3O5Si. The van der Waals surface area contributed by atoms with Gasteiger partial charge in [0.1, 0.15) is 23.4 Å². The first-order chi connectivity index (χ1) is 25.8. The molecule has 0 spiro atoms. The number of benzene rings is 3. The number of ether oxygens (including phenoxy) is 3. The van der Waals surface area contributed by atoms with Crippen molar-refractivity contribution in [2.75, 3.05) is 26.4 Å². The molecule has 0 saturated carbocycles. The van der Waals surface area contributed by atoms with Crippen LogP contribution < -0.4 is 4.74 Å². The zero-order chi connectivity index (χ0) is 38.8. The van der Waals surface area contributed by atoms with Gasteiger partial charge in [0, 0.05) is 54.2 Å². The summed E-state index contributed by atoms with van der Waals surface area (Å²) in [4.78, 5) is 14.0. The van der Waals surface area contributed by atoms with E-state index < -0.39 is 8.32 Å². The first-order valence-corrected chi connectivity index (χ1v) is 22.3. The summed E-state index contributed by atoms with van der Waals surface area (Å²) in [5, 5.41) is 8.33. The predicted octanol–water partition coefficient (Wildman–Crippen LogP) is 10.8. The SMILES string of the molecule is CCOC(=O)c1c(CCCOc2cccc3cc(F)ccc23)c2ccc(Cl)c3c2n1C/C=C\COC(CCO[Si](C)(C)C(C)(C)C)c1nn(C)c(CC)c1-3. The van der Waals surface area contributed by atoms with Crippen molar-refractivity contribution in [1.82, 2.24) is 14.3 Å². The molecule has 0 N–H and O–H groups in total. The van der Waals surface area contributed by atoms with Crippen molar-refractivity contribution in [3.8, 4) is 16.9 Å². The molecule has 0 fully saturated rings. The van der Waals surface area contributed by atoms with E-state index in [4.69, 9.17) is 35.3 Å². The van der Waals surface area contributed by atoms with Gasteiger partial charge in [0.2, 0.25) is 0 Å². The van der Waals surface area contributed by atoms with Crippen LogP contribution in [0.1, 0.15) is 81.0 Å². The van der Waals surface area contributed by atoms with E-state index in [1.54, 1.807) is 6.07 Å². The molecule has 0 bridgehead atoms. The Morgan fingerprint density at radius 2 is 1.83 bits per heavy atom. The van der Waals surface area contributed by atoms with Gasteiger partial charge in [0.15, 0.2) is 8.32 Å². The Labute approximate surface area is 324 Å². The van der Waals surface area contributed by atoms with Crippen LogP contribution in [-0.4, -0.2) is 55.1 Å². The minimum Gasteiger partial charge on any atom is -0.493 e. The van der Waals surface area contributed by atoms with Crippen molar-refractivity contribution >= 4 is 47.6 Å². The van der Waals surface area contributed by atoms with Gasteiger partial charge < -0.3 is 23.2 Å². The minimum atomic E-state index is -1.99. The molecule has 0 aliphatic carbocycles. The van der Waals surface area contributed by atoms with Crippen molar-refractivity contribution in [3.63, 3.8) is 0 Å². The molecular weight excluding hydrogens is 721 g/mol. The molecule has 6 rings (SSSR count). The van der Waals surface area contributed by atoms with Crippen LogP contribution in [0.2, 0.25) is 23.2 Å². The standard InChI is InChI=1S/C43H53ClFN3O5Si/c1-9-34-38-37-33(44)21-20-32-31(16-14-25-51-35-17-13-15-28-27-29(45)18-19-30(28)35)41(42(49)50-10-2)48(40(32)37)23-11-12-24-52-36(39(38)46-47(34)6)22-26-53-54(7,8)43(3,4)5/h11-13,15,17-21,27,36H,9-10,14,16,22-26H2,1-8H3/b12-11-. The van der Waals surface area contributed by atoms with Crippen molar-refractivity contribution < 1.29 is 27.8 Å². The second kappa shape index (κ2) is 16.4. The fourth-order valence-electron chi connectivity index (χ4n) is 7.22. The number of rotatable bonds is 12. The average molecular weight is 774 g/mol. The largest absolute Gasteiger partial charge is 0.493 e. The lowest BCUT2D eigenvalue weighted by atomic mass is 9.95. The van der Waals surface area contributed by atoms with Crippen LogP contribution in [0.15, 0.2) is 60.7 Å². The summed E-state index contributed by atoms with van der Waals surface area (Å²) in [5.41, 5.74) is 5.86. The Bertz CT molecular complexity index is 2180. The van der Waals surface area contributed by atoms with Gasteiger partial charge in [0.25, 0.3) is 0 Å². The normalized spacial score (nSPS) is 15.6. The highest BCUT2D eigenvalue weighted by Crippen LogP contribution is 2.45. The molecule has 1 unspecified atom stereocenters. The molecule has 2 aromatic heterocycles. The van der Waals surface area contributed by atoms with Crippen LogP contribution in [0, 0.1) is 5.82 Å². The monoisotopic (exact) mass is 773 g/mol. The van der Waals surface area contributed by atoms with Crippen LogP contribution in [0.25, 0.3) is 32.8 Å². The second-order valence-electron chi connectivity index (χ2n) is 15.4. The molecule has 1 atom stereocenters. The molecule has 1 aliphatic rings. The third kappa shape index (κ3) is 7.89. The molecule has 0 saturated heterocycles. The smallest absolute Gasteiger partial charge is 0.355 e. The number of aryl methyl sites for hydroxylation is 2. The summed E-state index contributed by atoms with van der Waals surface area (Å²) < 4.78 is 43.1. The first-order valence-electron chi connectivity index (χ1n) is 19.1. The first kappa shape index (κ1) is 39.7. The van der Waals surface area contributed by atoms with E-state index in [1.165, 1.54) is 12.1 Å². The van der Waals surface area contributed by atoms with Crippen LogP contribution in [0.5, 0.6) is 5.75 Å². The highest BCUT2D eigenvalue weighted by molar-refractivity contribution is 6.74. The van der Waals surface area contributed by atoms with Gasteiger partial charge in [-0.15, -0.1) is 0 Å². The Kier molecular flexibility index (Phi) is 12.1. The Hall–Kier alpha value is -3.96. The lowest BCUT2D eigenvalue weighted by Crippen LogP contribution is -2.41. The summed E-state index contributed by atoms with van der Waals surface area (Å²) in [6.45, 7) is 17.2. The number of carbonyl (C=O) groups excluding carboxylic acids is 1. The summed E-state index contributed by atoms with van der Waals surface area (Å²) in [5.74, 6) is 0.0213. The van der Waals surface area contributed by atoms with Crippen LogP contribution in [0.4, 0.5) is 4.39 Å². The summed E-state index contributed by atoms with van der Waals surface area (Å²) >= 11 is 7.26. The Morgan fingerprint density at radius 1 is 1.06 bits per heavy atom. The van der Waals surface area contributed by atoms with Gasteiger partial charge >= 0.3 is 5.97 Å². The summed E-state index contributed by atoms with van der Waals surface area (Å²) in [7, 11) is -0.0249. The van der Waals surface area contributed by atoms with Crippen molar-refractivity contribution in [2.45, 2.75) is 91.1 Å². The van der Waals surface area contributed by atoms with Gasteiger partial charge in [0.05, 0.1) is 36.1 Å². The van der Waals surface area contributed by atoms with E-state index >= 15 is 0 Å². The highest BCUT2D eigenvalue weighted by Gasteiger charge is 2.38. The molecule has 11 heteroatoms. The Balaban J connectivity index is 1.44. The third-order valence-electron chi connectivity index (χ3n) is 11.0. The maximum Gasteiger partial charge on any atom is 0.355 e. The fraction of sp³-hybridized carbons (Fsp3) is 0.442. The molecule has 3 aromatic carbocycles. The highest BCUT2D eigenvalue weighted by atomic mass is 35.5. The number of fused-ring (bicyclic) bond motifs is 3. The fourth-order valence-corrected chi connectivity index (χ4v) is 8.53. The number of nitrogens with zero attached hydrogens (tertiary/aromatic N) is 3. The van der Waals surface area contributed by atoms with E-state index in [0.29, 0.717) is 68.5 Å². The average Bonchev–Trinajstić information content (AvgIpc) is 3.60. The number of hydrogen-bond donors (Lipinski definition) is 0. The number of esters is 1. The van der Waals surface area contributed by atoms with Gasteiger partial charge in [-0.2, -0.15) is 5.10 Å². The quantitative estimate of drug-likeness (QED) is 0.0544. The molecule has 54 heavy (non-hydrogen) atoms. The molecule has 0 amide bonds. The van der Waals surface area contributed by atoms with E-state index in [0.717, 1.165) is 49.8 Å². The Morgan fingerprint density at radius 3 is 2.57 bits per heavy atom. The van der Waals surface area contributed by atoms with Crippen molar-refractivity contribution in [1.29, 1.82) is 0 Å². The number of carbonyl (C=O) groups is 1.